The highest BCUT2D eigenvalue weighted by molar-refractivity contribution is 9.10. The molecular formula is C18H17BrN4O3. The second-order valence-electron chi connectivity index (χ2n) is 5.31. The van der Waals surface area contributed by atoms with Gasteiger partial charge in [-0.05, 0) is 41.1 Å². The quantitative estimate of drug-likeness (QED) is 0.614. The maximum Gasteiger partial charge on any atom is 0.341 e. The largest absolute Gasteiger partial charge is 0.481 e. The third kappa shape index (κ3) is 3.91. The Balaban J connectivity index is 2.01. The van der Waals surface area contributed by atoms with Crippen LogP contribution in [-0.4, -0.2) is 34.6 Å². The van der Waals surface area contributed by atoms with Crippen molar-refractivity contribution >= 4 is 38.6 Å². The van der Waals surface area contributed by atoms with Crippen LogP contribution in [0.15, 0.2) is 41.1 Å². The summed E-state index contributed by atoms with van der Waals surface area (Å²) in [5, 5.41) is 3.97. The lowest BCUT2D eigenvalue weighted by molar-refractivity contribution is 0.0527. The molecule has 26 heavy (non-hydrogen) atoms. The SMILES string of the molecule is CCOC(=O)c1cnc2nc(OC)ccc2c1NCc1ccc(Br)cn1. The minimum absolute atomic E-state index is 0.283. The molecule has 0 saturated carbocycles. The molecule has 0 aromatic carbocycles. The Morgan fingerprint density at radius 3 is 2.73 bits per heavy atom. The van der Waals surface area contributed by atoms with Gasteiger partial charge in [-0.15, -0.1) is 0 Å². The summed E-state index contributed by atoms with van der Waals surface area (Å²) in [5.74, 6) is 0.0124. The number of nitrogens with one attached hydrogen (secondary N) is 1. The van der Waals surface area contributed by atoms with Crippen LogP contribution in [0.2, 0.25) is 0 Å². The molecule has 0 fully saturated rings. The molecule has 0 aliphatic heterocycles. The van der Waals surface area contributed by atoms with Crippen molar-refractivity contribution < 1.29 is 14.3 Å². The average Bonchev–Trinajstić information content (AvgIpc) is 2.66. The lowest BCUT2D eigenvalue weighted by Gasteiger charge is -2.14. The Kier molecular flexibility index (Phi) is 5.62. The third-order valence-corrected chi connectivity index (χ3v) is 4.11. The van der Waals surface area contributed by atoms with E-state index in [0.717, 1.165) is 10.2 Å². The molecule has 0 aliphatic carbocycles. The van der Waals surface area contributed by atoms with E-state index in [1.54, 1.807) is 26.3 Å². The number of nitrogens with zero attached hydrogens (tertiary/aromatic N) is 3. The first-order chi connectivity index (χ1) is 12.6. The molecule has 0 bridgehead atoms. The van der Waals surface area contributed by atoms with Crippen LogP contribution in [0.4, 0.5) is 5.69 Å². The topological polar surface area (TPSA) is 86.2 Å². The highest BCUT2D eigenvalue weighted by Gasteiger charge is 2.17. The number of pyridine rings is 3. The standard InChI is InChI=1S/C18H17BrN4O3/c1-3-26-18(24)14-10-22-17-13(6-7-15(23-17)25-2)16(14)21-9-12-5-4-11(19)8-20-12/h4-8,10H,3,9H2,1-2H3,(H,21,22,23). The molecule has 134 valence electrons. The minimum Gasteiger partial charge on any atom is -0.481 e. The molecule has 3 aromatic rings. The van der Waals surface area contributed by atoms with Crippen LogP contribution in [-0.2, 0) is 11.3 Å². The van der Waals surface area contributed by atoms with Crippen LogP contribution >= 0.6 is 15.9 Å². The number of carbonyl (C=O) groups excluding carboxylic acids is 1. The predicted molar refractivity (Wildman–Crippen MR) is 101 cm³/mol. The summed E-state index contributed by atoms with van der Waals surface area (Å²) < 4.78 is 11.2. The van der Waals surface area contributed by atoms with Crippen LogP contribution in [0, 0.1) is 0 Å². The zero-order chi connectivity index (χ0) is 18.5. The van der Waals surface area contributed by atoms with Crippen LogP contribution in [0.1, 0.15) is 23.0 Å². The fraction of sp³-hybridized carbons (Fsp3) is 0.222. The van der Waals surface area contributed by atoms with Gasteiger partial charge in [0.15, 0.2) is 5.65 Å². The zero-order valence-corrected chi connectivity index (χ0v) is 15.9. The fourth-order valence-corrected chi connectivity index (χ4v) is 2.65. The highest BCUT2D eigenvalue weighted by atomic mass is 79.9. The molecule has 8 heteroatoms. The molecule has 0 saturated heterocycles. The molecule has 0 unspecified atom stereocenters. The second kappa shape index (κ2) is 8.09. The number of aromatic nitrogens is 3. The number of hydrogen-bond donors (Lipinski definition) is 1. The van der Waals surface area contributed by atoms with E-state index in [0.29, 0.717) is 34.7 Å². The molecule has 1 N–H and O–H groups in total. The van der Waals surface area contributed by atoms with Crippen molar-refractivity contribution in [1.82, 2.24) is 15.0 Å². The summed E-state index contributed by atoms with van der Waals surface area (Å²) in [5.41, 5.74) is 2.26. The predicted octanol–water partition coefficient (Wildman–Crippen LogP) is 3.58. The number of rotatable bonds is 6. The number of fused-ring (bicyclic) bond motifs is 1. The molecule has 3 rings (SSSR count). The van der Waals surface area contributed by atoms with Gasteiger partial charge in [-0.25, -0.2) is 9.78 Å². The van der Waals surface area contributed by atoms with Gasteiger partial charge in [-0.1, -0.05) is 0 Å². The van der Waals surface area contributed by atoms with Gasteiger partial charge in [0, 0.05) is 28.3 Å². The van der Waals surface area contributed by atoms with E-state index in [1.807, 2.05) is 18.2 Å². The van der Waals surface area contributed by atoms with Crippen molar-refractivity contribution in [2.24, 2.45) is 0 Å². The Morgan fingerprint density at radius 1 is 1.19 bits per heavy atom. The molecule has 3 aromatic heterocycles. The molecule has 0 radical (unpaired) electrons. The van der Waals surface area contributed by atoms with Gasteiger partial charge in [-0.3, -0.25) is 4.98 Å². The van der Waals surface area contributed by atoms with Crippen molar-refractivity contribution in [3.63, 3.8) is 0 Å². The number of halogens is 1. The van der Waals surface area contributed by atoms with Gasteiger partial charge < -0.3 is 14.8 Å². The Labute approximate surface area is 158 Å². The van der Waals surface area contributed by atoms with E-state index in [-0.39, 0.29) is 6.61 Å². The van der Waals surface area contributed by atoms with Crippen LogP contribution < -0.4 is 10.1 Å². The number of esters is 1. The van der Waals surface area contributed by atoms with Crippen LogP contribution in [0.5, 0.6) is 5.88 Å². The Hall–Kier alpha value is -2.74. The summed E-state index contributed by atoms with van der Waals surface area (Å²) in [7, 11) is 1.54. The van der Waals surface area contributed by atoms with Crippen molar-refractivity contribution in [3.05, 3.63) is 52.4 Å². The molecule has 7 nitrogen and oxygen atoms in total. The number of carbonyl (C=O) groups is 1. The summed E-state index contributed by atoms with van der Waals surface area (Å²) in [6, 6.07) is 7.34. The average molecular weight is 417 g/mol. The molecule has 3 heterocycles. The number of hydrogen-bond acceptors (Lipinski definition) is 7. The lowest BCUT2D eigenvalue weighted by Crippen LogP contribution is -2.12. The highest BCUT2D eigenvalue weighted by Crippen LogP contribution is 2.28. The van der Waals surface area contributed by atoms with E-state index in [2.05, 4.69) is 36.2 Å². The van der Waals surface area contributed by atoms with Gasteiger partial charge in [0.05, 0.1) is 31.6 Å². The summed E-state index contributed by atoms with van der Waals surface area (Å²) in [6.07, 6.45) is 3.18. The zero-order valence-electron chi connectivity index (χ0n) is 14.3. The normalized spacial score (nSPS) is 10.6. The van der Waals surface area contributed by atoms with Crippen molar-refractivity contribution in [2.75, 3.05) is 19.0 Å². The van der Waals surface area contributed by atoms with E-state index in [4.69, 9.17) is 9.47 Å². The van der Waals surface area contributed by atoms with Gasteiger partial charge >= 0.3 is 5.97 Å². The third-order valence-electron chi connectivity index (χ3n) is 3.64. The van der Waals surface area contributed by atoms with Gasteiger partial charge in [0.1, 0.15) is 5.56 Å². The first kappa shape index (κ1) is 18.1. The number of anilines is 1. The summed E-state index contributed by atoms with van der Waals surface area (Å²) in [6.45, 7) is 2.48. The lowest BCUT2D eigenvalue weighted by atomic mass is 10.1. The molecule has 0 aliphatic rings. The van der Waals surface area contributed by atoms with Crippen molar-refractivity contribution in [3.8, 4) is 5.88 Å². The first-order valence-corrected chi connectivity index (χ1v) is 8.77. The van der Waals surface area contributed by atoms with Crippen molar-refractivity contribution in [2.45, 2.75) is 13.5 Å². The monoisotopic (exact) mass is 416 g/mol. The number of methoxy groups -OCH3 is 1. The van der Waals surface area contributed by atoms with Gasteiger partial charge in [0.25, 0.3) is 0 Å². The molecule has 0 spiro atoms. The first-order valence-electron chi connectivity index (χ1n) is 7.97. The minimum atomic E-state index is -0.441. The maximum atomic E-state index is 12.3. The van der Waals surface area contributed by atoms with E-state index in [9.17, 15) is 4.79 Å². The molecular weight excluding hydrogens is 400 g/mol. The molecule has 0 atom stereocenters. The van der Waals surface area contributed by atoms with Gasteiger partial charge in [-0.2, -0.15) is 4.98 Å². The second-order valence-corrected chi connectivity index (χ2v) is 6.23. The van der Waals surface area contributed by atoms with Gasteiger partial charge in [0.2, 0.25) is 5.88 Å². The molecule has 0 amide bonds. The fourth-order valence-electron chi connectivity index (χ4n) is 2.42. The van der Waals surface area contributed by atoms with E-state index < -0.39 is 5.97 Å². The maximum absolute atomic E-state index is 12.3. The number of ether oxygens (including phenoxy) is 2. The van der Waals surface area contributed by atoms with Crippen molar-refractivity contribution in [1.29, 1.82) is 0 Å². The van der Waals surface area contributed by atoms with E-state index >= 15 is 0 Å². The smallest absolute Gasteiger partial charge is 0.341 e. The Morgan fingerprint density at radius 2 is 2.04 bits per heavy atom. The van der Waals surface area contributed by atoms with E-state index in [1.165, 1.54) is 6.20 Å². The van der Waals surface area contributed by atoms with Crippen LogP contribution in [0.3, 0.4) is 0 Å². The Bertz CT molecular complexity index is 932. The van der Waals surface area contributed by atoms with Crippen LogP contribution in [0.25, 0.3) is 11.0 Å². The summed E-state index contributed by atoms with van der Waals surface area (Å²) >= 11 is 3.36. The summed E-state index contributed by atoms with van der Waals surface area (Å²) in [4.78, 5) is 25.2.